The van der Waals surface area contributed by atoms with Gasteiger partial charge < -0.3 is 5.11 Å². The summed E-state index contributed by atoms with van der Waals surface area (Å²) in [5.41, 5.74) is 3.09. The standard InChI is InChI=1S/C20H20ClN3O/c21-18-10-22-8-7-15(18)11-24-12-16(20(25)13-24)9-17-6-5-14-3-1-2-4-19(14)23-17/h1-8,10,16,20,25H,9,11-13H2/t16-,20-/m1/s1. The summed E-state index contributed by atoms with van der Waals surface area (Å²) in [6.45, 7) is 2.24. The van der Waals surface area contributed by atoms with Crippen molar-refractivity contribution < 1.29 is 5.11 Å². The molecule has 2 aromatic heterocycles. The average molecular weight is 354 g/mol. The Hall–Kier alpha value is -2.01. The van der Waals surface area contributed by atoms with Gasteiger partial charge in [0.15, 0.2) is 0 Å². The third-order valence-corrected chi connectivity index (χ3v) is 5.20. The first-order valence-electron chi connectivity index (χ1n) is 8.52. The zero-order valence-corrected chi connectivity index (χ0v) is 14.6. The van der Waals surface area contributed by atoms with Crippen LogP contribution in [0.5, 0.6) is 0 Å². The summed E-state index contributed by atoms with van der Waals surface area (Å²) in [6.07, 6.45) is 3.87. The fourth-order valence-electron chi connectivity index (χ4n) is 3.53. The second kappa shape index (κ2) is 7.08. The minimum Gasteiger partial charge on any atom is -0.391 e. The number of aliphatic hydroxyl groups is 1. The second-order valence-corrected chi connectivity index (χ2v) is 7.10. The van der Waals surface area contributed by atoms with Gasteiger partial charge in [0.25, 0.3) is 0 Å². The molecule has 1 N–H and O–H groups in total. The van der Waals surface area contributed by atoms with Crippen molar-refractivity contribution in [2.24, 2.45) is 5.92 Å². The highest BCUT2D eigenvalue weighted by Crippen LogP contribution is 2.25. The van der Waals surface area contributed by atoms with Gasteiger partial charge in [0, 0.05) is 49.0 Å². The Morgan fingerprint density at radius 3 is 2.88 bits per heavy atom. The van der Waals surface area contributed by atoms with E-state index in [1.54, 1.807) is 12.4 Å². The molecule has 3 aromatic rings. The third-order valence-electron chi connectivity index (χ3n) is 4.86. The van der Waals surface area contributed by atoms with Crippen molar-refractivity contribution in [3.63, 3.8) is 0 Å². The van der Waals surface area contributed by atoms with E-state index in [2.05, 4.69) is 28.1 Å². The van der Waals surface area contributed by atoms with E-state index < -0.39 is 0 Å². The van der Waals surface area contributed by atoms with E-state index in [-0.39, 0.29) is 12.0 Å². The van der Waals surface area contributed by atoms with E-state index in [1.165, 1.54) is 0 Å². The number of rotatable bonds is 4. The number of pyridine rings is 2. The Morgan fingerprint density at radius 1 is 1.12 bits per heavy atom. The maximum atomic E-state index is 10.5. The number of β-amino-alcohol motifs (C(OH)–C–C–N with tert-alkyl or cyclic N) is 1. The fraction of sp³-hybridized carbons (Fsp3) is 0.300. The van der Waals surface area contributed by atoms with Crippen LogP contribution in [0.2, 0.25) is 5.02 Å². The first-order valence-corrected chi connectivity index (χ1v) is 8.90. The zero-order chi connectivity index (χ0) is 17.2. The number of fused-ring (bicyclic) bond motifs is 1. The van der Waals surface area contributed by atoms with Crippen LogP contribution < -0.4 is 0 Å². The first-order chi connectivity index (χ1) is 12.2. The van der Waals surface area contributed by atoms with Gasteiger partial charge in [0.1, 0.15) is 0 Å². The van der Waals surface area contributed by atoms with Gasteiger partial charge in [-0.1, -0.05) is 35.9 Å². The molecule has 0 saturated carbocycles. The SMILES string of the molecule is O[C@@H]1CN(Cc2ccncc2Cl)C[C@H]1Cc1ccc2ccccc2n1. The van der Waals surface area contributed by atoms with Gasteiger partial charge in [-0.15, -0.1) is 0 Å². The molecule has 0 spiro atoms. The molecule has 25 heavy (non-hydrogen) atoms. The van der Waals surface area contributed by atoms with Crippen molar-refractivity contribution in [1.29, 1.82) is 0 Å². The first kappa shape index (κ1) is 16.5. The van der Waals surface area contributed by atoms with E-state index >= 15 is 0 Å². The summed E-state index contributed by atoms with van der Waals surface area (Å²) < 4.78 is 0. The van der Waals surface area contributed by atoms with Crippen LogP contribution in [-0.2, 0) is 13.0 Å². The van der Waals surface area contributed by atoms with E-state index in [0.29, 0.717) is 11.6 Å². The van der Waals surface area contributed by atoms with Gasteiger partial charge in [-0.05, 0) is 30.2 Å². The summed E-state index contributed by atoms with van der Waals surface area (Å²) in [5, 5.41) is 12.3. The lowest BCUT2D eigenvalue weighted by Gasteiger charge is -2.16. The molecule has 2 atom stereocenters. The number of aliphatic hydroxyl groups excluding tert-OH is 1. The van der Waals surface area contributed by atoms with Gasteiger partial charge in [-0.25, -0.2) is 0 Å². The third kappa shape index (κ3) is 3.66. The molecule has 4 nitrogen and oxygen atoms in total. The maximum Gasteiger partial charge on any atom is 0.0711 e. The lowest BCUT2D eigenvalue weighted by Crippen LogP contribution is -2.21. The summed E-state index contributed by atoms with van der Waals surface area (Å²) >= 11 is 6.20. The maximum absolute atomic E-state index is 10.5. The van der Waals surface area contributed by atoms with E-state index in [9.17, 15) is 5.11 Å². The minimum absolute atomic E-state index is 0.189. The van der Waals surface area contributed by atoms with E-state index in [4.69, 9.17) is 16.6 Å². The molecule has 1 fully saturated rings. The molecule has 0 bridgehead atoms. The van der Waals surface area contributed by atoms with Gasteiger partial charge in [-0.2, -0.15) is 0 Å². The second-order valence-electron chi connectivity index (χ2n) is 6.69. The Bertz CT molecular complexity index is 885. The molecular weight excluding hydrogens is 334 g/mol. The van der Waals surface area contributed by atoms with Gasteiger partial charge in [0.2, 0.25) is 0 Å². The smallest absolute Gasteiger partial charge is 0.0711 e. The summed E-state index contributed by atoms with van der Waals surface area (Å²) in [5.74, 6) is 0.189. The molecule has 128 valence electrons. The molecule has 0 amide bonds. The summed E-state index contributed by atoms with van der Waals surface area (Å²) in [6, 6.07) is 14.2. The number of hydrogen-bond donors (Lipinski definition) is 1. The largest absolute Gasteiger partial charge is 0.391 e. The van der Waals surface area contributed by atoms with Gasteiger partial charge in [0.05, 0.1) is 16.6 Å². The molecule has 5 heteroatoms. The molecule has 1 aromatic carbocycles. The number of halogens is 1. The molecule has 1 aliphatic rings. The van der Waals surface area contributed by atoms with Crippen LogP contribution in [0.15, 0.2) is 54.9 Å². The quantitative estimate of drug-likeness (QED) is 0.781. The summed E-state index contributed by atoms with van der Waals surface area (Å²) in [4.78, 5) is 11.0. The Balaban J connectivity index is 1.45. The van der Waals surface area contributed by atoms with E-state index in [0.717, 1.165) is 41.7 Å². The van der Waals surface area contributed by atoms with Crippen LogP contribution >= 0.6 is 11.6 Å². The van der Waals surface area contributed by atoms with Crippen LogP contribution in [0.4, 0.5) is 0 Å². The van der Waals surface area contributed by atoms with Crippen LogP contribution in [0, 0.1) is 5.92 Å². The Kier molecular flexibility index (Phi) is 4.66. The van der Waals surface area contributed by atoms with Gasteiger partial charge in [-0.3, -0.25) is 14.9 Å². The van der Waals surface area contributed by atoms with Crippen molar-refractivity contribution in [3.8, 4) is 0 Å². The van der Waals surface area contributed by atoms with E-state index in [1.807, 2.05) is 24.3 Å². The number of aromatic nitrogens is 2. The van der Waals surface area contributed by atoms with Crippen LogP contribution in [0.25, 0.3) is 10.9 Å². The number of nitrogens with zero attached hydrogens (tertiary/aromatic N) is 3. The molecular formula is C20H20ClN3O. The fourth-order valence-corrected chi connectivity index (χ4v) is 3.71. The van der Waals surface area contributed by atoms with Crippen molar-refractivity contribution >= 4 is 22.5 Å². The molecule has 0 radical (unpaired) electrons. The van der Waals surface area contributed by atoms with Crippen LogP contribution in [-0.4, -0.2) is 39.2 Å². The predicted molar refractivity (Wildman–Crippen MR) is 99.5 cm³/mol. The minimum atomic E-state index is -0.339. The normalized spacial score (nSPS) is 21.0. The van der Waals surface area contributed by atoms with Crippen molar-refractivity contribution in [2.75, 3.05) is 13.1 Å². The molecule has 0 aliphatic carbocycles. The van der Waals surface area contributed by atoms with Crippen molar-refractivity contribution in [3.05, 3.63) is 71.1 Å². The zero-order valence-electron chi connectivity index (χ0n) is 13.8. The highest BCUT2D eigenvalue weighted by Gasteiger charge is 2.31. The lowest BCUT2D eigenvalue weighted by atomic mass is 9.99. The van der Waals surface area contributed by atoms with Crippen molar-refractivity contribution in [1.82, 2.24) is 14.9 Å². The Labute approximate surface area is 152 Å². The highest BCUT2D eigenvalue weighted by molar-refractivity contribution is 6.31. The Morgan fingerprint density at radius 2 is 2.00 bits per heavy atom. The topological polar surface area (TPSA) is 49.2 Å². The van der Waals surface area contributed by atoms with Crippen LogP contribution in [0.3, 0.4) is 0 Å². The predicted octanol–water partition coefficient (Wildman–Crippen LogP) is 3.32. The molecule has 1 saturated heterocycles. The average Bonchev–Trinajstić information content (AvgIpc) is 2.96. The lowest BCUT2D eigenvalue weighted by molar-refractivity contribution is 0.140. The summed E-state index contributed by atoms with van der Waals surface area (Å²) in [7, 11) is 0. The monoisotopic (exact) mass is 353 g/mol. The number of likely N-dealkylation sites (tertiary alicyclic amines) is 1. The van der Waals surface area contributed by atoms with Gasteiger partial charge >= 0.3 is 0 Å². The molecule has 3 heterocycles. The molecule has 1 aliphatic heterocycles. The molecule has 4 rings (SSSR count). The number of benzene rings is 1. The number of para-hydroxylation sites is 1. The van der Waals surface area contributed by atoms with Crippen molar-refractivity contribution in [2.45, 2.75) is 19.1 Å². The number of hydrogen-bond acceptors (Lipinski definition) is 4. The molecule has 0 unspecified atom stereocenters. The highest BCUT2D eigenvalue weighted by atomic mass is 35.5. The van der Waals surface area contributed by atoms with Crippen LogP contribution in [0.1, 0.15) is 11.3 Å².